The number of ether oxygens (including phenoxy) is 2. The number of pyridine rings is 2. The molecule has 7 rings (SSSR count). The van der Waals surface area contributed by atoms with E-state index in [2.05, 4.69) is 15.3 Å². The zero-order chi connectivity index (χ0) is 29.9. The monoisotopic (exact) mass is 604 g/mol. The maximum absolute atomic E-state index is 15.8. The number of fused-ring (bicyclic) bond motifs is 3. The highest BCUT2D eigenvalue weighted by Gasteiger charge is 2.35. The second-order valence-corrected chi connectivity index (χ2v) is 13.7. The van der Waals surface area contributed by atoms with Crippen molar-refractivity contribution in [3.8, 4) is 17.1 Å². The third-order valence-electron chi connectivity index (χ3n) is 8.62. The lowest BCUT2D eigenvalue weighted by Gasteiger charge is -2.33. The molecule has 224 valence electrons. The molecule has 43 heavy (non-hydrogen) atoms. The maximum Gasteiger partial charge on any atom is 0.225 e. The van der Waals surface area contributed by atoms with Crippen LogP contribution >= 0.6 is 0 Å². The summed E-state index contributed by atoms with van der Waals surface area (Å²) < 4.78 is 58.2. The van der Waals surface area contributed by atoms with E-state index in [0.717, 1.165) is 29.8 Å². The molecule has 0 unspecified atom stereocenters. The first kappa shape index (κ1) is 27.9. The van der Waals surface area contributed by atoms with E-state index >= 15 is 4.39 Å². The van der Waals surface area contributed by atoms with Crippen molar-refractivity contribution in [3.63, 3.8) is 0 Å². The van der Waals surface area contributed by atoms with E-state index in [1.807, 2.05) is 30.7 Å². The van der Waals surface area contributed by atoms with Crippen LogP contribution in [0.2, 0.25) is 0 Å². The minimum atomic E-state index is -3.77. The summed E-state index contributed by atoms with van der Waals surface area (Å²) >= 11 is 0. The molecule has 5 heterocycles. The molecule has 0 spiro atoms. The van der Waals surface area contributed by atoms with Crippen LogP contribution in [0, 0.1) is 24.6 Å². The van der Waals surface area contributed by atoms with Crippen molar-refractivity contribution in [2.24, 2.45) is 18.9 Å². The highest BCUT2D eigenvalue weighted by molar-refractivity contribution is 7.91. The Morgan fingerprint density at radius 1 is 1.12 bits per heavy atom. The Morgan fingerprint density at radius 2 is 1.88 bits per heavy atom. The van der Waals surface area contributed by atoms with E-state index in [1.165, 1.54) is 18.5 Å². The molecule has 0 radical (unpaired) electrons. The molecule has 0 bridgehead atoms. The quantitative estimate of drug-likeness (QED) is 0.242. The fourth-order valence-electron chi connectivity index (χ4n) is 6.36. The highest BCUT2D eigenvalue weighted by Crippen LogP contribution is 2.45. The number of aromatic nitrogens is 6. The van der Waals surface area contributed by atoms with Gasteiger partial charge < -0.3 is 14.0 Å². The minimum Gasteiger partial charge on any atom is -0.477 e. The number of halogens is 1. The molecule has 1 aliphatic heterocycles. The lowest BCUT2D eigenvalue weighted by atomic mass is 9.86. The zero-order valence-electron chi connectivity index (χ0n) is 24.3. The van der Waals surface area contributed by atoms with Gasteiger partial charge in [0.25, 0.3) is 0 Å². The maximum atomic E-state index is 15.8. The first-order valence-corrected chi connectivity index (χ1v) is 16.5. The molecular weight excluding hydrogens is 571 g/mol. The van der Waals surface area contributed by atoms with Gasteiger partial charge in [0, 0.05) is 43.8 Å². The average molecular weight is 605 g/mol. The third kappa shape index (κ3) is 4.96. The summed E-state index contributed by atoms with van der Waals surface area (Å²) in [6.45, 7) is 3.43. The van der Waals surface area contributed by atoms with Crippen molar-refractivity contribution in [1.29, 1.82) is 0 Å². The van der Waals surface area contributed by atoms with Crippen LogP contribution in [0.4, 0.5) is 4.39 Å². The fraction of sp³-hybridized carbons (Fsp3) is 0.419. The number of hydrogen-bond donors (Lipinski definition) is 0. The molecule has 2 fully saturated rings. The number of rotatable bonds is 8. The molecule has 1 saturated heterocycles. The van der Waals surface area contributed by atoms with Gasteiger partial charge in [-0.05, 0) is 56.6 Å². The Bertz CT molecular complexity index is 1940. The van der Waals surface area contributed by atoms with Crippen molar-refractivity contribution in [2.75, 3.05) is 26.1 Å². The van der Waals surface area contributed by atoms with Gasteiger partial charge in [0.15, 0.2) is 9.84 Å². The molecule has 1 saturated carbocycles. The predicted molar refractivity (Wildman–Crippen MR) is 159 cm³/mol. The Hall–Kier alpha value is -3.90. The molecule has 4 aromatic heterocycles. The van der Waals surface area contributed by atoms with Gasteiger partial charge in [-0.15, -0.1) is 5.10 Å². The minimum absolute atomic E-state index is 0.0374. The fourth-order valence-corrected chi connectivity index (χ4v) is 7.15. The van der Waals surface area contributed by atoms with Gasteiger partial charge in [-0.1, -0.05) is 23.4 Å². The standard InChI is InChI=1S/C31H33FN6O4S/c1-18-28(37(2)36-35-18)21-14-24-27(33-15-21)26-30(25(43(3,39)40)16-34-31(26)42-17-19-8-9-19)38(24)29(20-10-12-41-13-11-20)22-6-4-5-7-23(22)32/h4-7,14-16,19-20,29H,8-13,17H2,1-3H3/t29-/m0/s1. The molecular formula is C31H33FN6O4S. The summed E-state index contributed by atoms with van der Waals surface area (Å²) in [6, 6.07) is 8.14. The molecule has 1 aromatic carbocycles. The van der Waals surface area contributed by atoms with Crippen molar-refractivity contribution < 1.29 is 22.3 Å². The SMILES string of the molecule is Cc1nnn(C)c1-c1cnc2c3c(OCC4CC4)ncc(S(C)(=O)=O)c3n([C@H](c3ccccc3F)C3CCOCC3)c2c1. The summed E-state index contributed by atoms with van der Waals surface area (Å²) in [6.07, 6.45) is 7.82. The Kier molecular flexibility index (Phi) is 6.93. The lowest BCUT2D eigenvalue weighted by Crippen LogP contribution is -2.28. The molecule has 10 nitrogen and oxygen atoms in total. The van der Waals surface area contributed by atoms with E-state index in [0.29, 0.717) is 72.0 Å². The summed E-state index contributed by atoms with van der Waals surface area (Å²) in [4.78, 5) is 9.49. The van der Waals surface area contributed by atoms with Crippen LogP contribution in [0.25, 0.3) is 33.2 Å². The average Bonchev–Trinajstić information content (AvgIpc) is 3.69. The molecule has 1 atom stereocenters. The van der Waals surface area contributed by atoms with E-state index in [4.69, 9.17) is 14.5 Å². The summed E-state index contributed by atoms with van der Waals surface area (Å²) in [5, 5.41) is 8.90. The van der Waals surface area contributed by atoms with E-state index in [1.54, 1.807) is 23.0 Å². The van der Waals surface area contributed by atoms with Crippen LogP contribution in [0.15, 0.2) is 47.6 Å². The smallest absolute Gasteiger partial charge is 0.225 e. The summed E-state index contributed by atoms with van der Waals surface area (Å²) in [5.74, 6) is 0.388. The molecule has 2 aliphatic rings. The molecule has 12 heteroatoms. The van der Waals surface area contributed by atoms with Crippen LogP contribution in [-0.2, 0) is 21.6 Å². The second-order valence-electron chi connectivity index (χ2n) is 11.7. The van der Waals surface area contributed by atoms with E-state index in [9.17, 15) is 8.42 Å². The first-order valence-electron chi connectivity index (χ1n) is 14.6. The predicted octanol–water partition coefficient (Wildman–Crippen LogP) is 5.04. The van der Waals surface area contributed by atoms with Gasteiger partial charge >= 0.3 is 0 Å². The van der Waals surface area contributed by atoms with Gasteiger partial charge in [-0.2, -0.15) is 0 Å². The Morgan fingerprint density at radius 3 is 2.56 bits per heavy atom. The number of hydrogen-bond acceptors (Lipinski definition) is 8. The van der Waals surface area contributed by atoms with Crippen molar-refractivity contribution in [3.05, 3.63) is 59.8 Å². The van der Waals surface area contributed by atoms with Crippen LogP contribution < -0.4 is 4.74 Å². The van der Waals surface area contributed by atoms with Crippen LogP contribution in [0.1, 0.15) is 43.0 Å². The van der Waals surface area contributed by atoms with Crippen molar-refractivity contribution >= 4 is 31.8 Å². The topological polar surface area (TPSA) is 114 Å². The number of benzene rings is 1. The van der Waals surface area contributed by atoms with Gasteiger partial charge in [-0.3, -0.25) is 4.98 Å². The third-order valence-corrected chi connectivity index (χ3v) is 9.72. The van der Waals surface area contributed by atoms with Crippen molar-refractivity contribution in [1.82, 2.24) is 29.5 Å². The van der Waals surface area contributed by atoms with Gasteiger partial charge in [0.1, 0.15) is 16.2 Å². The van der Waals surface area contributed by atoms with E-state index < -0.39 is 15.9 Å². The van der Waals surface area contributed by atoms with Gasteiger partial charge in [0.2, 0.25) is 5.88 Å². The molecule has 0 N–H and O–H groups in total. The lowest BCUT2D eigenvalue weighted by molar-refractivity contribution is 0.0548. The number of nitrogens with zero attached hydrogens (tertiary/aromatic N) is 6. The molecule has 5 aromatic rings. The highest BCUT2D eigenvalue weighted by atomic mass is 32.2. The Balaban J connectivity index is 1.62. The number of sulfone groups is 1. The molecule has 0 amide bonds. The van der Waals surface area contributed by atoms with E-state index in [-0.39, 0.29) is 16.6 Å². The van der Waals surface area contributed by atoms with Crippen LogP contribution in [0.3, 0.4) is 0 Å². The summed E-state index contributed by atoms with van der Waals surface area (Å²) in [5.41, 5.74) is 4.37. The normalized spacial score (nSPS) is 17.1. The zero-order valence-corrected chi connectivity index (χ0v) is 25.1. The largest absolute Gasteiger partial charge is 0.477 e. The van der Waals surface area contributed by atoms with Crippen LogP contribution in [0.5, 0.6) is 5.88 Å². The molecule has 1 aliphatic carbocycles. The second kappa shape index (κ2) is 10.7. The van der Waals surface area contributed by atoms with Crippen LogP contribution in [-0.4, -0.2) is 64.0 Å². The Labute approximate surface area is 248 Å². The van der Waals surface area contributed by atoms with Crippen molar-refractivity contribution in [2.45, 2.75) is 43.5 Å². The first-order chi connectivity index (χ1) is 20.7. The summed E-state index contributed by atoms with van der Waals surface area (Å²) in [7, 11) is -1.95. The van der Waals surface area contributed by atoms with Gasteiger partial charge in [0.05, 0.1) is 46.7 Å². The number of aryl methyl sites for hydroxylation is 2. The van der Waals surface area contributed by atoms with Gasteiger partial charge in [-0.25, -0.2) is 22.5 Å².